The van der Waals surface area contributed by atoms with Gasteiger partial charge in [-0.05, 0) is 30.4 Å². The highest BCUT2D eigenvalue weighted by Gasteiger charge is 2.25. The average molecular weight is 351 g/mol. The summed E-state index contributed by atoms with van der Waals surface area (Å²) in [5.41, 5.74) is 6.75. The Labute approximate surface area is 142 Å². The van der Waals surface area contributed by atoms with Crippen LogP contribution in [0.15, 0.2) is 64.4 Å². The van der Waals surface area contributed by atoms with Gasteiger partial charge in [-0.2, -0.15) is 4.31 Å². The summed E-state index contributed by atoms with van der Waals surface area (Å²) in [4.78, 5) is 1.11. The van der Waals surface area contributed by atoms with E-state index in [0.29, 0.717) is 31.0 Å². The molecule has 124 valence electrons. The number of nitrogens with two attached hydrogens (primary N) is 1. The fourth-order valence-electron chi connectivity index (χ4n) is 2.37. The van der Waals surface area contributed by atoms with E-state index in [9.17, 15) is 8.42 Å². The molecule has 2 aromatic carbocycles. The highest BCUT2D eigenvalue weighted by Crippen LogP contribution is 2.27. The molecule has 0 amide bonds. The minimum atomic E-state index is -3.54. The molecule has 2 aromatic rings. The fraction of sp³-hybridized carbons (Fsp3) is 0.294. The predicted octanol–water partition coefficient (Wildman–Crippen LogP) is 2.60. The number of benzene rings is 2. The smallest absolute Gasteiger partial charge is 0.244 e. The summed E-state index contributed by atoms with van der Waals surface area (Å²) >= 11 is 1.44. The lowest BCUT2D eigenvalue weighted by molar-refractivity contribution is 0.420. The average Bonchev–Trinajstić information content (AvgIpc) is 2.59. The van der Waals surface area contributed by atoms with Crippen molar-refractivity contribution in [2.24, 2.45) is 5.73 Å². The van der Waals surface area contributed by atoms with Crippen molar-refractivity contribution in [2.45, 2.75) is 16.2 Å². The molecule has 0 saturated heterocycles. The van der Waals surface area contributed by atoms with Crippen molar-refractivity contribution in [1.82, 2.24) is 4.31 Å². The van der Waals surface area contributed by atoms with Crippen LogP contribution in [0.25, 0.3) is 0 Å². The van der Waals surface area contributed by atoms with E-state index in [0.717, 1.165) is 10.5 Å². The van der Waals surface area contributed by atoms with E-state index in [1.807, 2.05) is 48.7 Å². The standard InChI is InChI=1S/C17H22N2O2S2/c1-22-16-9-5-6-10-17(16)23(20,21)19(14-12-18)13-11-15-7-3-2-4-8-15/h2-10H,11-14,18H2,1H3. The predicted molar refractivity (Wildman–Crippen MR) is 96.2 cm³/mol. The second kappa shape index (κ2) is 8.49. The first-order valence-electron chi connectivity index (χ1n) is 7.46. The zero-order chi connectivity index (χ0) is 16.7. The normalized spacial score (nSPS) is 11.8. The van der Waals surface area contributed by atoms with Crippen LogP contribution >= 0.6 is 11.8 Å². The van der Waals surface area contributed by atoms with E-state index in [4.69, 9.17) is 5.73 Å². The Morgan fingerprint density at radius 1 is 1.00 bits per heavy atom. The summed E-state index contributed by atoms with van der Waals surface area (Å²) in [6.07, 6.45) is 2.55. The molecule has 0 aliphatic heterocycles. The quantitative estimate of drug-likeness (QED) is 0.743. The molecule has 0 aromatic heterocycles. The number of hydrogen-bond acceptors (Lipinski definition) is 4. The second-order valence-electron chi connectivity index (χ2n) is 5.08. The molecule has 0 bridgehead atoms. The van der Waals surface area contributed by atoms with Crippen molar-refractivity contribution in [1.29, 1.82) is 0 Å². The molecule has 2 N–H and O–H groups in total. The summed E-state index contributed by atoms with van der Waals surface area (Å²) < 4.78 is 27.4. The fourth-order valence-corrected chi connectivity index (χ4v) is 4.94. The molecule has 4 nitrogen and oxygen atoms in total. The number of sulfonamides is 1. The summed E-state index contributed by atoms with van der Waals surface area (Å²) in [6.45, 7) is 1.04. The van der Waals surface area contributed by atoms with E-state index in [2.05, 4.69) is 0 Å². The van der Waals surface area contributed by atoms with Crippen molar-refractivity contribution in [3.05, 3.63) is 60.2 Å². The van der Waals surface area contributed by atoms with E-state index >= 15 is 0 Å². The summed E-state index contributed by atoms with van der Waals surface area (Å²) in [5.74, 6) is 0. The topological polar surface area (TPSA) is 63.4 Å². The van der Waals surface area contributed by atoms with Crippen LogP contribution in [0.4, 0.5) is 0 Å². The van der Waals surface area contributed by atoms with Gasteiger partial charge < -0.3 is 5.73 Å². The van der Waals surface area contributed by atoms with Gasteiger partial charge in [-0.15, -0.1) is 11.8 Å². The Hall–Kier alpha value is -1.34. The van der Waals surface area contributed by atoms with Crippen LogP contribution in [0.5, 0.6) is 0 Å². The zero-order valence-corrected chi connectivity index (χ0v) is 14.8. The molecule has 0 aliphatic carbocycles. The van der Waals surface area contributed by atoms with Gasteiger partial charge in [0.05, 0.1) is 4.90 Å². The van der Waals surface area contributed by atoms with Crippen LogP contribution in [0.3, 0.4) is 0 Å². The maximum absolute atomic E-state index is 13.0. The van der Waals surface area contributed by atoms with Crippen molar-refractivity contribution in [3.8, 4) is 0 Å². The zero-order valence-electron chi connectivity index (χ0n) is 13.2. The number of hydrogen-bond donors (Lipinski definition) is 1. The first kappa shape index (κ1) is 18.0. The van der Waals surface area contributed by atoms with Gasteiger partial charge in [0.15, 0.2) is 0 Å². The van der Waals surface area contributed by atoms with Gasteiger partial charge in [-0.25, -0.2) is 8.42 Å². The van der Waals surface area contributed by atoms with Gasteiger partial charge in [0.1, 0.15) is 0 Å². The van der Waals surface area contributed by atoms with Crippen molar-refractivity contribution >= 4 is 21.8 Å². The van der Waals surface area contributed by atoms with Crippen LogP contribution < -0.4 is 5.73 Å². The minimum absolute atomic E-state index is 0.301. The third kappa shape index (κ3) is 4.57. The van der Waals surface area contributed by atoms with Crippen LogP contribution in [0.1, 0.15) is 5.56 Å². The largest absolute Gasteiger partial charge is 0.329 e. The molecule has 0 radical (unpaired) electrons. The first-order chi connectivity index (χ1) is 11.1. The molecular formula is C17H22N2O2S2. The molecule has 0 fully saturated rings. The van der Waals surface area contributed by atoms with Gasteiger partial charge in [-0.1, -0.05) is 42.5 Å². The van der Waals surface area contributed by atoms with E-state index in [1.165, 1.54) is 16.1 Å². The SMILES string of the molecule is CSc1ccccc1S(=O)(=O)N(CCN)CCc1ccccc1. The highest BCUT2D eigenvalue weighted by molar-refractivity contribution is 7.99. The maximum Gasteiger partial charge on any atom is 0.244 e. The Balaban J connectivity index is 2.24. The third-order valence-corrected chi connectivity index (χ3v) is 6.44. The van der Waals surface area contributed by atoms with Gasteiger partial charge in [0, 0.05) is 24.5 Å². The monoisotopic (exact) mass is 350 g/mol. The summed E-state index contributed by atoms with van der Waals surface area (Å²) in [6, 6.07) is 17.0. The van der Waals surface area contributed by atoms with Crippen LogP contribution in [0, 0.1) is 0 Å². The molecule has 2 rings (SSSR count). The molecule has 0 saturated carbocycles. The maximum atomic E-state index is 13.0. The van der Waals surface area contributed by atoms with Crippen LogP contribution in [-0.2, 0) is 16.4 Å². The minimum Gasteiger partial charge on any atom is -0.329 e. The van der Waals surface area contributed by atoms with E-state index in [-0.39, 0.29) is 0 Å². The van der Waals surface area contributed by atoms with Gasteiger partial charge in [0.25, 0.3) is 0 Å². The number of thioether (sulfide) groups is 1. The van der Waals surface area contributed by atoms with E-state index in [1.54, 1.807) is 12.1 Å². The molecule has 6 heteroatoms. The molecular weight excluding hydrogens is 328 g/mol. The summed E-state index contributed by atoms with van der Waals surface area (Å²) in [7, 11) is -3.54. The Morgan fingerprint density at radius 2 is 1.65 bits per heavy atom. The molecule has 0 heterocycles. The van der Waals surface area contributed by atoms with Crippen molar-refractivity contribution < 1.29 is 8.42 Å². The van der Waals surface area contributed by atoms with Crippen molar-refractivity contribution in [3.63, 3.8) is 0 Å². The number of rotatable bonds is 8. The van der Waals surface area contributed by atoms with Gasteiger partial charge in [0.2, 0.25) is 10.0 Å². The van der Waals surface area contributed by atoms with Gasteiger partial charge in [-0.3, -0.25) is 0 Å². The Morgan fingerprint density at radius 3 is 2.30 bits per heavy atom. The number of nitrogens with zero attached hydrogens (tertiary/aromatic N) is 1. The molecule has 0 aliphatic rings. The summed E-state index contributed by atoms with van der Waals surface area (Å²) in [5, 5.41) is 0. The molecule has 0 unspecified atom stereocenters. The highest BCUT2D eigenvalue weighted by atomic mass is 32.2. The van der Waals surface area contributed by atoms with Crippen LogP contribution in [-0.4, -0.2) is 38.6 Å². The van der Waals surface area contributed by atoms with Gasteiger partial charge >= 0.3 is 0 Å². The lowest BCUT2D eigenvalue weighted by atomic mass is 10.1. The van der Waals surface area contributed by atoms with Crippen LogP contribution in [0.2, 0.25) is 0 Å². The Kier molecular flexibility index (Phi) is 6.65. The first-order valence-corrected chi connectivity index (χ1v) is 10.1. The lowest BCUT2D eigenvalue weighted by Crippen LogP contribution is -2.37. The third-order valence-electron chi connectivity index (χ3n) is 3.56. The lowest BCUT2D eigenvalue weighted by Gasteiger charge is -2.22. The molecule has 0 spiro atoms. The Bertz CT molecular complexity index is 718. The van der Waals surface area contributed by atoms with Crippen molar-refractivity contribution in [2.75, 3.05) is 25.9 Å². The molecule has 23 heavy (non-hydrogen) atoms. The molecule has 0 atom stereocenters. The second-order valence-corrected chi connectivity index (χ2v) is 7.83. The van der Waals surface area contributed by atoms with E-state index < -0.39 is 10.0 Å².